The van der Waals surface area contributed by atoms with Crippen molar-refractivity contribution in [2.45, 2.75) is 84.4 Å². The van der Waals surface area contributed by atoms with Gasteiger partial charge in [0.1, 0.15) is 0 Å². The molecular weight excluding hydrogens is 425 g/mol. The Kier molecular flexibility index (Phi) is 14.1. The molecule has 0 bridgehead atoms. The van der Waals surface area contributed by atoms with Gasteiger partial charge in [-0.3, -0.25) is 0 Å². The van der Waals surface area contributed by atoms with Gasteiger partial charge in [0.15, 0.2) is 0 Å². The van der Waals surface area contributed by atoms with E-state index >= 15 is 0 Å². The molecule has 0 atom stereocenters. The van der Waals surface area contributed by atoms with Crippen molar-refractivity contribution in [3.8, 4) is 0 Å². The zero-order valence-electron chi connectivity index (χ0n) is 16.0. The Bertz CT molecular complexity index is 496. The zero-order valence-corrected chi connectivity index (χ0v) is 19.6. The fourth-order valence-electron chi connectivity index (χ4n) is 2.38. The summed E-state index contributed by atoms with van der Waals surface area (Å²) in [7, 11) is -3.52. The number of sulfonamides is 1. The van der Waals surface area contributed by atoms with Crippen LogP contribution in [-0.2, 0) is 10.0 Å². The van der Waals surface area contributed by atoms with Gasteiger partial charge in [0.2, 0.25) is 10.0 Å². The molecule has 1 rings (SSSR count). The summed E-state index contributed by atoms with van der Waals surface area (Å²) in [6.45, 7) is 8.88. The Balaban J connectivity index is 0.000000446. The standard InChI is InChI=1S/C7H9NO2S.3C4H9.Sn/c1-6-2-4-7(5-3-6)11(8,9)10;3*1-3-4-2;/h2-5H,1H3,(H2,8,9,10);3*1,3-4H2,2H3;. The van der Waals surface area contributed by atoms with Crippen LogP contribution >= 0.6 is 0 Å². The van der Waals surface area contributed by atoms with Gasteiger partial charge in [-0.25, -0.2) is 13.6 Å². The molecule has 0 saturated carbocycles. The fraction of sp³-hybridized carbons (Fsp3) is 0.684. The second-order valence-corrected chi connectivity index (χ2v) is 16.5. The van der Waals surface area contributed by atoms with E-state index in [0.717, 1.165) is 5.56 Å². The average Bonchev–Trinajstić information content (AvgIpc) is 2.54. The van der Waals surface area contributed by atoms with Crippen LogP contribution in [0.4, 0.5) is 0 Å². The first-order valence-electron chi connectivity index (χ1n) is 9.28. The van der Waals surface area contributed by atoms with Crippen LogP contribution in [0.1, 0.15) is 64.9 Å². The van der Waals surface area contributed by atoms with E-state index in [1.807, 2.05) is 6.92 Å². The van der Waals surface area contributed by atoms with E-state index in [2.05, 4.69) is 20.8 Å². The third-order valence-corrected chi connectivity index (χ3v) is 14.0. The first kappa shape index (κ1) is 23.9. The fourth-order valence-corrected chi connectivity index (χ4v) is 12.3. The minimum Gasteiger partial charge on any atom is -0.225 e. The molecule has 0 saturated heterocycles. The van der Waals surface area contributed by atoms with Crippen molar-refractivity contribution in [1.82, 2.24) is 0 Å². The number of primary sulfonamides is 1. The number of aryl methyl sites for hydroxylation is 1. The molecule has 0 aliphatic carbocycles. The Labute approximate surface area is 157 Å². The second-order valence-electron chi connectivity index (χ2n) is 6.42. The number of nitrogens with two attached hydrogens (primary N) is 1. The number of unbranched alkanes of at least 4 members (excludes halogenated alkanes) is 3. The van der Waals surface area contributed by atoms with Crippen molar-refractivity contribution in [1.29, 1.82) is 0 Å². The molecule has 0 aromatic heterocycles. The molecule has 1 aromatic carbocycles. The summed E-state index contributed by atoms with van der Waals surface area (Å²) in [6, 6.07) is 6.40. The van der Waals surface area contributed by atoms with Crippen LogP contribution in [0.15, 0.2) is 29.2 Å². The van der Waals surface area contributed by atoms with Crippen molar-refractivity contribution < 1.29 is 8.42 Å². The van der Waals surface area contributed by atoms with Gasteiger partial charge >= 0.3 is 92.4 Å². The van der Waals surface area contributed by atoms with Crippen LogP contribution < -0.4 is 5.14 Å². The van der Waals surface area contributed by atoms with Crippen LogP contribution in [-0.4, -0.2) is 28.2 Å². The zero-order chi connectivity index (χ0) is 18.4. The van der Waals surface area contributed by atoms with Gasteiger partial charge in [-0.15, -0.1) is 0 Å². The Morgan fingerprint density at radius 3 is 1.50 bits per heavy atom. The molecule has 24 heavy (non-hydrogen) atoms. The number of benzene rings is 1. The van der Waals surface area contributed by atoms with Crippen molar-refractivity contribution in [2.24, 2.45) is 5.14 Å². The smallest absolute Gasteiger partial charge is 0.225 e. The minimum atomic E-state index is -3.52. The topological polar surface area (TPSA) is 60.2 Å². The van der Waals surface area contributed by atoms with E-state index in [4.69, 9.17) is 5.14 Å². The number of rotatable bonds is 10. The molecule has 1 aromatic rings. The van der Waals surface area contributed by atoms with Gasteiger partial charge in [-0.2, -0.15) is 0 Å². The van der Waals surface area contributed by atoms with Crippen LogP contribution in [0.3, 0.4) is 0 Å². The maximum absolute atomic E-state index is 10.7. The van der Waals surface area contributed by atoms with Gasteiger partial charge in [0, 0.05) is 0 Å². The second kappa shape index (κ2) is 14.1. The summed E-state index contributed by atoms with van der Waals surface area (Å²) in [4.78, 5) is 0.156. The molecule has 0 heterocycles. The molecule has 0 aliphatic rings. The van der Waals surface area contributed by atoms with Crippen molar-refractivity contribution in [3.05, 3.63) is 29.8 Å². The Morgan fingerprint density at radius 2 is 1.21 bits per heavy atom. The van der Waals surface area contributed by atoms with Crippen LogP contribution in [0.25, 0.3) is 0 Å². The third kappa shape index (κ3) is 12.3. The molecule has 3 nitrogen and oxygen atoms in total. The molecule has 0 fully saturated rings. The summed E-state index contributed by atoms with van der Waals surface area (Å²) in [6.07, 6.45) is 8.85. The molecule has 0 spiro atoms. The summed E-state index contributed by atoms with van der Waals surface area (Å²) in [5.74, 6) is 0. The third-order valence-electron chi connectivity index (χ3n) is 4.00. The molecule has 0 amide bonds. The van der Waals surface area contributed by atoms with E-state index in [9.17, 15) is 8.42 Å². The predicted octanol–water partition coefficient (Wildman–Crippen LogP) is 5.52. The summed E-state index contributed by atoms with van der Waals surface area (Å²) >= 11 is -0.839. The van der Waals surface area contributed by atoms with Crippen LogP contribution in [0.2, 0.25) is 13.3 Å². The van der Waals surface area contributed by atoms with Crippen molar-refractivity contribution >= 4 is 29.8 Å². The minimum absolute atomic E-state index is 0.156. The first-order valence-corrected chi connectivity index (χ1v) is 16.9. The molecule has 1 radical (unpaired) electrons. The van der Waals surface area contributed by atoms with E-state index in [1.165, 1.54) is 50.7 Å². The predicted molar refractivity (Wildman–Crippen MR) is 107 cm³/mol. The summed E-state index contributed by atoms with van der Waals surface area (Å²) < 4.78 is 26.5. The monoisotopic (exact) mass is 462 g/mol. The maximum atomic E-state index is 10.7. The number of hydrogen-bond donors (Lipinski definition) is 1. The van der Waals surface area contributed by atoms with E-state index in [1.54, 1.807) is 25.4 Å². The molecule has 2 N–H and O–H groups in total. The van der Waals surface area contributed by atoms with Gasteiger partial charge in [0.25, 0.3) is 0 Å². The normalized spacial score (nSPS) is 11.2. The van der Waals surface area contributed by atoms with Crippen LogP contribution in [0.5, 0.6) is 0 Å². The summed E-state index contributed by atoms with van der Waals surface area (Å²) in [5.41, 5.74) is 1.01. The molecule has 0 unspecified atom stereocenters. The van der Waals surface area contributed by atoms with Crippen LogP contribution in [0, 0.1) is 6.92 Å². The quantitative estimate of drug-likeness (QED) is 0.467. The first-order chi connectivity index (χ1) is 11.3. The van der Waals surface area contributed by atoms with Crippen molar-refractivity contribution in [2.75, 3.05) is 0 Å². The molecule has 0 aliphatic heterocycles. The largest absolute Gasteiger partial charge is 0.238 e. The van der Waals surface area contributed by atoms with E-state index in [-0.39, 0.29) is 4.90 Å². The van der Waals surface area contributed by atoms with Gasteiger partial charge in [0.05, 0.1) is 4.90 Å². The Hall–Kier alpha value is -0.0713. The van der Waals surface area contributed by atoms with Gasteiger partial charge in [-0.1, -0.05) is 17.7 Å². The molecular formula is C19H36NO2SSn. The van der Waals surface area contributed by atoms with E-state index < -0.39 is 29.8 Å². The summed E-state index contributed by atoms with van der Waals surface area (Å²) in [5, 5.41) is 4.88. The molecule has 139 valence electrons. The maximum Gasteiger partial charge on any atom is 0.238 e. The Morgan fingerprint density at radius 1 is 0.833 bits per heavy atom. The average molecular weight is 461 g/mol. The molecule has 5 heteroatoms. The SMILES string of the molecule is CCC[CH2][Sn]([CH2]CCC)[CH2]CCC.Cc1ccc(S(N)(=O)=O)cc1. The van der Waals surface area contributed by atoms with E-state index in [0.29, 0.717) is 0 Å². The van der Waals surface area contributed by atoms with Gasteiger partial charge < -0.3 is 0 Å². The van der Waals surface area contributed by atoms with Crippen molar-refractivity contribution in [3.63, 3.8) is 0 Å². The number of hydrogen-bond acceptors (Lipinski definition) is 2. The van der Waals surface area contributed by atoms with Gasteiger partial charge in [-0.05, 0) is 19.1 Å².